The molecule has 8 nitrogen and oxygen atoms in total. The Kier molecular flexibility index (Phi) is 6.02. The van der Waals surface area contributed by atoms with Crippen LogP contribution < -0.4 is 9.42 Å². The predicted molar refractivity (Wildman–Crippen MR) is 121 cm³/mol. The summed E-state index contributed by atoms with van der Waals surface area (Å²) in [6.45, 7) is 2.45. The first-order valence-electron chi connectivity index (χ1n) is 11.2. The van der Waals surface area contributed by atoms with Gasteiger partial charge >= 0.3 is 12.0 Å². The number of benzene rings is 1. The lowest BCUT2D eigenvalue weighted by Gasteiger charge is -2.21. The number of H-pyrrole nitrogens is 1. The second kappa shape index (κ2) is 9.17. The average molecular weight is 500 g/mol. The molecule has 4 aromatic rings. The van der Waals surface area contributed by atoms with Crippen LogP contribution in [0.15, 0.2) is 36.9 Å². The number of ether oxygens (including phenoxy) is 1. The van der Waals surface area contributed by atoms with Gasteiger partial charge in [0.2, 0.25) is 5.82 Å². The summed E-state index contributed by atoms with van der Waals surface area (Å²) in [6, 6.07) is 2.80. The van der Waals surface area contributed by atoms with E-state index >= 15 is 0 Å². The van der Waals surface area contributed by atoms with E-state index in [1.54, 1.807) is 40.1 Å². The van der Waals surface area contributed by atoms with Crippen molar-refractivity contribution < 1.29 is 27.0 Å². The van der Waals surface area contributed by atoms with E-state index in [9.17, 15) is 17.6 Å². The number of hydrogen-bond acceptors (Lipinski definition) is 5. The van der Waals surface area contributed by atoms with Gasteiger partial charge in [-0.1, -0.05) is 6.07 Å². The van der Waals surface area contributed by atoms with Gasteiger partial charge in [-0.2, -0.15) is 23.0 Å². The molecule has 1 aromatic carbocycles. The van der Waals surface area contributed by atoms with Crippen molar-refractivity contribution in [3.63, 3.8) is 0 Å². The highest BCUT2D eigenvalue weighted by Gasteiger charge is 2.41. The number of nitrogens with one attached hydrogen (secondary N) is 1. The fourth-order valence-electron chi connectivity index (χ4n) is 4.34. The highest BCUT2D eigenvalue weighted by Crippen LogP contribution is 2.39. The maximum absolute atomic E-state index is 13.6. The molecule has 1 aliphatic heterocycles. The van der Waals surface area contributed by atoms with Gasteiger partial charge in [-0.3, -0.25) is 4.57 Å². The highest BCUT2D eigenvalue weighted by atomic mass is 19.4. The van der Waals surface area contributed by atoms with Crippen molar-refractivity contribution in [2.24, 2.45) is 0 Å². The summed E-state index contributed by atoms with van der Waals surface area (Å²) in [4.78, 5) is 17.6. The van der Waals surface area contributed by atoms with Crippen LogP contribution in [0.3, 0.4) is 0 Å². The molecule has 0 radical (unpaired) electrons. The van der Waals surface area contributed by atoms with E-state index in [0.717, 1.165) is 11.8 Å². The van der Waals surface area contributed by atoms with Gasteiger partial charge in [-0.05, 0) is 48.5 Å². The van der Waals surface area contributed by atoms with Crippen molar-refractivity contribution in [3.8, 4) is 11.7 Å². The van der Waals surface area contributed by atoms with Crippen LogP contribution >= 0.6 is 0 Å². The molecule has 1 aliphatic rings. The third-order valence-electron chi connectivity index (χ3n) is 5.95. The topological polar surface area (TPSA) is 85.4 Å². The maximum Gasteiger partial charge on any atom is 0.416 e. The van der Waals surface area contributed by atoms with Crippen molar-refractivity contribution in [2.45, 2.75) is 38.4 Å². The minimum absolute atomic E-state index is 0.0142. The molecule has 0 amide bonds. The number of halogens is 4. The number of imidazole rings is 1. The lowest BCUT2D eigenvalue weighted by Crippen LogP contribution is -2.44. The van der Waals surface area contributed by atoms with Gasteiger partial charge in [0.1, 0.15) is 18.7 Å². The molecule has 1 atom stereocenters. The fraction of sp³-hybridized carbons (Fsp3) is 0.292. The Hall–Kier alpha value is -4.09. The fourth-order valence-corrected chi connectivity index (χ4v) is 4.34. The normalized spacial score (nSPS) is 15.9. The van der Waals surface area contributed by atoms with Gasteiger partial charge < -0.3 is 4.74 Å². The van der Waals surface area contributed by atoms with Crippen LogP contribution in [0.4, 0.5) is 17.6 Å². The summed E-state index contributed by atoms with van der Waals surface area (Å²) in [7, 11) is 1.49. The van der Waals surface area contributed by atoms with Crippen molar-refractivity contribution >= 4 is 12.2 Å². The van der Waals surface area contributed by atoms with Crippen LogP contribution in [0.25, 0.3) is 18.0 Å². The van der Waals surface area contributed by atoms with Crippen LogP contribution in [0.2, 0.25) is 0 Å². The number of aromatic amines is 1. The Bertz CT molecular complexity index is 1440. The van der Waals surface area contributed by atoms with Crippen LogP contribution in [0.1, 0.15) is 52.9 Å². The first-order valence-corrected chi connectivity index (χ1v) is 11.2. The minimum Gasteiger partial charge on any atom is -0.478 e. The zero-order valence-electron chi connectivity index (χ0n) is 19.4. The van der Waals surface area contributed by atoms with Crippen LogP contribution in [0, 0.1) is 12.7 Å². The Morgan fingerprint density at radius 3 is 2.75 bits per heavy atom. The molecule has 5 rings (SSSR count). The average Bonchev–Trinajstić information content (AvgIpc) is 3.47. The maximum atomic E-state index is 13.6. The Balaban J connectivity index is 1.44. The van der Waals surface area contributed by atoms with E-state index in [-0.39, 0.29) is 5.56 Å². The number of aryl methyl sites for hydroxylation is 2. The van der Waals surface area contributed by atoms with E-state index in [2.05, 4.69) is 25.0 Å². The molecule has 186 valence electrons. The lowest BCUT2D eigenvalue weighted by molar-refractivity contribution is -0.763. The summed E-state index contributed by atoms with van der Waals surface area (Å²) < 4.78 is 63.3. The first kappa shape index (κ1) is 23.6. The quantitative estimate of drug-likeness (QED) is 0.327. The van der Waals surface area contributed by atoms with E-state index in [1.807, 2.05) is 6.92 Å². The molecule has 0 unspecified atom stereocenters. The largest absolute Gasteiger partial charge is 0.478 e. The molecular weight excluding hydrogens is 478 g/mol. The summed E-state index contributed by atoms with van der Waals surface area (Å²) >= 11 is 0. The van der Waals surface area contributed by atoms with E-state index in [0.29, 0.717) is 54.5 Å². The molecule has 1 N–H and O–H groups in total. The molecule has 0 fully saturated rings. The second-order valence-electron chi connectivity index (χ2n) is 8.43. The first-order chi connectivity index (χ1) is 17.2. The number of methoxy groups -OCH3 is 1. The van der Waals surface area contributed by atoms with Gasteiger partial charge in [0.05, 0.1) is 36.2 Å². The SMILES string of the molecule is COc1nc(/C=C/c2nc3[n+]([nH]2)CCC[C@H]3c2ccc(F)cc2C(F)(F)F)cnc1-n1cnc(C)c1. The Morgan fingerprint density at radius 1 is 1.19 bits per heavy atom. The number of hydrogen-bond donors (Lipinski definition) is 1. The number of fused-ring (bicyclic) bond motifs is 1. The predicted octanol–water partition coefficient (Wildman–Crippen LogP) is 4.24. The summed E-state index contributed by atoms with van der Waals surface area (Å²) in [5.74, 6) is 0.161. The van der Waals surface area contributed by atoms with Crippen LogP contribution in [-0.4, -0.2) is 36.7 Å². The Morgan fingerprint density at radius 2 is 2.03 bits per heavy atom. The monoisotopic (exact) mass is 500 g/mol. The van der Waals surface area contributed by atoms with E-state index in [4.69, 9.17) is 4.74 Å². The van der Waals surface area contributed by atoms with Gasteiger partial charge in [-0.15, -0.1) is 0 Å². The molecular formula is C24H22F4N7O+. The van der Waals surface area contributed by atoms with Gasteiger partial charge in [0, 0.05) is 12.3 Å². The third kappa shape index (κ3) is 4.58. The van der Waals surface area contributed by atoms with Crippen molar-refractivity contribution in [3.05, 3.63) is 76.9 Å². The highest BCUT2D eigenvalue weighted by molar-refractivity contribution is 5.64. The number of alkyl halides is 3. The molecule has 0 spiro atoms. The summed E-state index contributed by atoms with van der Waals surface area (Å²) in [5, 5.41) is 3.11. The molecule has 0 bridgehead atoms. The van der Waals surface area contributed by atoms with Gasteiger partial charge in [0.15, 0.2) is 0 Å². The molecule has 0 saturated carbocycles. The van der Waals surface area contributed by atoms with Crippen molar-refractivity contribution in [1.82, 2.24) is 29.6 Å². The molecule has 12 heteroatoms. The third-order valence-corrected chi connectivity index (χ3v) is 5.95. The summed E-state index contributed by atoms with van der Waals surface area (Å²) in [5.41, 5.74) is 0.363. The van der Waals surface area contributed by atoms with E-state index < -0.39 is 23.5 Å². The number of aromatic nitrogens is 7. The standard InChI is InChI=1S/C24H21F4N7O/c1-14-12-34(13-30-14)22-23(36-2)31-16(11-29-22)6-8-20-32-21-18(4-3-9-35(21)33-20)17-7-5-15(25)10-19(17)24(26,27)28/h5-8,10-13,18H,3-4,9H2,1-2H3/p+1/b8-6+/t18-/m0/s1. The second-order valence-corrected chi connectivity index (χ2v) is 8.43. The van der Waals surface area contributed by atoms with Crippen LogP contribution in [-0.2, 0) is 12.7 Å². The minimum atomic E-state index is -4.67. The van der Waals surface area contributed by atoms with Crippen LogP contribution in [0.5, 0.6) is 5.88 Å². The summed E-state index contributed by atoms with van der Waals surface area (Å²) in [6.07, 6.45) is 4.78. The number of rotatable bonds is 5. The Labute approximate surface area is 203 Å². The van der Waals surface area contributed by atoms with Gasteiger partial charge in [-0.25, -0.2) is 19.3 Å². The van der Waals surface area contributed by atoms with Gasteiger partial charge in [0.25, 0.3) is 11.7 Å². The molecule has 4 heterocycles. The zero-order valence-corrected chi connectivity index (χ0v) is 19.4. The van der Waals surface area contributed by atoms with Crippen molar-refractivity contribution in [2.75, 3.05) is 7.11 Å². The van der Waals surface area contributed by atoms with E-state index in [1.165, 1.54) is 13.2 Å². The molecule has 36 heavy (non-hydrogen) atoms. The lowest BCUT2D eigenvalue weighted by atomic mass is 9.87. The smallest absolute Gasteiger partial charge is 0.416 e. The molecule has 3 aromatic heterocycles. The molecule has 0 aliphatic carbocycles. The van der Waals surface area contributed by atoms with Crippen molar-refractivity contribution in [1.29, 1.82) is 0 Å². The molecule has 0 saturated heterocycles. The number of nitrogens with zero attached hydrogens (tertiary/aromatic N) is 6. The zero-order chi connectivity index (χ0) is 25.4.